The van der Waals surface area contributed by atoms with Crippen LogP contribution in [0.2, 0.25) is 0 Å². The highest BCUT2D eigenvalue weighted by molar-refractivity contribution is 5.78. The predicted octanol–water partition coefficient (Wildman–Crippen LogP) is 7.42. The van der Waals surface area contributed by atoms with Crippen LogP contribution < -0.4 is 5.32 Å². The molecule has 3 heterocycles. The maximum atomic E-state index is 4.84. The molecule has 0 radical (unpaired) electrons. The van der Waals surface area contributed by atoms with Gasteiger partial charge < -0.3 is 5.32 Å². The Hall–Kier alpha value is -4.32. The van der Waals surface area contributed by atoms with Gasteiger partial charge in [0.25, 0.3) is 0 Å². The smallest absolute Gasteiger partial charge is 0.227 e. The van der Waals surface area contributed by atoms with E-state index in [0.717, 1.165) is 45.8 Å². The van der Waals surface area contributed by atoms with Gasteiger partial charge in [-0.25, -0.2) is 9.97 Å². The van der Waals surface area contributed by atoms with E-state index in [9.17, 15) is 0 Å². The summed E-state index contributed by atoms with van der Waals surface area (Å²) in [6.45, 7) is 16.7. The van der Waals surface area contributed by atoms with Gasteiger partial charge in [0.15, 0.2) is 0 Å². The maximum absolute atomic E-state index is 4.84. The summed E-state index contributed by atoms with van der Waals surface area (Å²) in [6.07, 6.45) is 12.2. The summed E-state index contributed by atoms with van der Waals surface area (Å²) in [5, 5.41) is 8.13. The lowest BCUT2D eigenvalue weighted by atomic mass is 10.1. The van der Waals surface area contributed by atoms with Gasteiger partial charge in [-0.15, -0.1) is 0 Å². The van der Waals surface area contributed by atoms with Gasteiger partial charge in [-0.05, 0) is 54.8 Å². The minimum atomic E-state index is 0.528. The molecule has 0 aliphatic rings. The second kappa shape index (κ2) is 13.0. The molecule has 184 valence electrons. The van der Waals surface area contributed by atoms with Gasteiger partial charge in [0.05, 0.1) is 12.2 Å². The number of aryl methyl sites for hydroxylation is 1. The Kier molecular flexibility index (Phi) is 9.46. The van der Waals surface area contributed by atoms with Crippen molar-refractivity contribution in [2.45, 2.75) is 40.7 Å². The topological polar surface area (TPSA) is 68.5 Å². The van der Waals surface area contributed by atoms with Gasteiger partial charge >= 0.3 is 0 Å². The first-order chi connectivity index (χ1) is 17.5. The van der Waals surface area contributed by atoms with Crippen LogP contribution in [-0.2, 0) is 13.0 Å². The Balaban J connectivity index is 0.00000176. The molecular weight excluding hydrogens is 444 g/mol. The third kappa shape index (κ3) is 7.09. The first-order valence-corrected chi connectivity index (χ1v) is 12.2. The minimum absolute atomic E-state index is 0.528. The quantitative estimate of drug-likeness (QED) is 0.253. The lowest BCUT2D eigenvalue weighted by Gasteiger charge is -2.07. The van der Waals surface area contributed by atoms with E-state index in [-0.39, 0.29) is 0 Å². The van der Waals surface area contributed by atoms with Gasteiger partial charge in [-0.1, -0.05) is 63.8 Å². The van der Waals surface area contributed by atoms with E-state index >= 15 is 0 Å². The minimum Gasteiger partial charge on any atom is -0.324 e. The molecule has 6 nitrogen and oxygen atoms in total. The van der Waals surface area contributed by atoms with Gasteiger partial charge in [-0.3, -0.25) is 9.67 Å². The van der Waals surface area contributed by atoms with Crippen molar-refractivity contribution >= 4 is 11.6 Å². The lowest BCUT2D eigenvalue weighted by Crippen LogP contribution is -1.99. The molecule has 6 heteroatoms. The maximum Gasteiger partial charge on any atom is 0.227 e. The number of nitrogens with one attached hydrogen (secondary N) is 1. The number of anilines is 2. The van der Waals surface area contributed by atoms with E-state index in [4.69, 9.17) is 10.1 Å². The summed E-state index contributed by atoms with van der Waals surface area (Å²) < 4.78 is 1.88. The molecule has 0 aliphatic carbocycles. The summed E-state index contributed by atoms with van der Waals surface area (Å²) in [4.78, 5) is 13.5. The van der Waals surface area contributed by atoms with Crippen molar-refractivity contribution in [3.63, 3.8) is 0 Å². The SMILES string of the molecule is C=C(C)/C=C\C(=C)Cn1cc(-c2ccnc(Nc3ccc(CC)cc3)n2)c(-c2cccnc2)n1.CC. The van der Waals surface area contributed by atoms with Crippen LogP contribution in [0, 0.1) is 0 Å². The predicted molar refractivity (Wildman–Crippen MR) is 150 cm³/mol. The zero-order chi connectivity index (χ0) is 25.9. The van der Waals surface area contributed by atoms with E-state index in [1.54, 1.807) is 12.4 Å². The summed E-state index contributed by atoms with van der Waals surface area (Å²) in [7, 11) is 0. The molecule has 0 saturated heterocycles. The van der Waals surface area contributed by atoms with Crippen molar-refractivity contribution in [3.05, 3.63) is 109 Å². The van der Waals surface area contributed by atoms with Crippen molar-refractivity contribution in [1.29, 1.82) is 0 Å². The third-order valence-electron chi connectivity index (χ3n) is 5.22. The molecule has 0 amide bonds. The van der Waals surface area contributed by atoms with Crippen LogP contribution in [-0.4, -0.2) is 24.7 Å². The first-order valence-electron chi connectivity index (χ1n) is 12.2. The number of hydrogen-bond acceptors (Lipinski definition) is 5. The fourth-order valence-corrected chi connectivity index (χ4v) is 3.45. The van der Waals surface area contributed by atoms with E-state index in [2.05, 4.69) is 47.5 Å². The van der Waals surface area contributed by atoms with Crippen molar-refractivity contribution < 1.29 is 0 Å². The van der Waals surface area contributed by atoms with E-state index in [0.29, 0.717) is 12.5 Å². The largest absolute Gasteiger partial charge is 0.324 e. The molecular formula is C30H34N6. The van der Waals surface area contributed by atoms with Crippen LogP contribution in [0.15, 0.2) is 104 Å². The summed E-state index contributed by atoms with van der Waals surface area (Å²) >= 11 is 0. The molecule has 0 saturated carbocycles. The Morgan fingerprint density at radius 2 is 1.81 bits per heavy atom. The highest BCUT2D eigenvalue weighted by atomic mass is 15.3. The number of benzene rings is 1. The molecule has 4 rings (SSSR count). The molecule has 0 bridgehead atoms. The zero-order valence-corrected chi connectivity index (χ0v) is 21.6. The number of pyridine rings is 1. The Morgan fingerprint density at radius 1 is 1.03 bits per heavy atom. The van der Waals surface area contributed by atoms with Crippen LogP contribution in [0.25, 0.3) is 22.5 Å². The van der Waals surface area contributed by atoms with Crippen molar-refractivity contribution in [2.24, 2.45) is 0 Å². The van der Waals surface area contributed by atoms with E-state index in [1.807, 2.05) is 80.3 Å². The monoisotopic (exact) mass is 478 g/mol. The highest BCUT2D eigenvalue weighted by Gasteiger charge is 2.15. The second-order valence-corrected chi connectivity index (χ2v) is 8.11. The second-order valence-electron chi connectivity index (χ2n) is 8.11. The molecule has 4 aromatic rings. The van der Waals surface area contributed by atoms with Crippen LogP contribution in [0.4, 0.5) is 11.6 Å². The number of nitrogens with zero attached hydrogens (tertiary/aromatic N) is 5. The molecule has 3 aromatic heterocycles. The van der Waals surface area contributed by atoms with Crippen molar-refractivity contribution in [3.8, 4) is 22.5 Å². The number of aromatic nitrogens is 5. The molecule has 0 aliphatic heterocycles. The van der Waals surface area contributed by atoms with Crippen LogP contribution >= 0.6 is 0 Å². The lowest BCUT2D eigenvalue weighted by molar-refractivity contribution is 0.690. The molecule has 0 fully saturated rings. The fourth-order valence-electron chi connectivity index (χ4n) is 3.45. The normalized spacial score (nSPS) is 10.6. The Labute approximate surface area is 214 Å². The summed E-state index contributed by atoms with van der Waals surface area (Å²) in [5.74, 6) is 0.528. The average Bonchev–Trinajstić information content (AvgIpc) is 3.33. The van der Waals surface area contributed by atoms with Crippen LogP contribution in [0.5, 0.6) is 0 Å². The molecule has 0 atom stereocenters. The van der Waals surface area contributed by atoms with Crippen LogP contribution in [0.1, 0.15) is 33.3 Å². The van der Waals surface area contributed by atoms with E-state index < -0.39 is 0 Å². The summed E-state index contributed by atoms with van der Waals surface area (Å²) in [6, 6.07) is 14.1. The third-order valence-corrected chi connectivity index (χ3v) is 5.22. The van der Waals surface area contributed by atoms with Gasteiger partial charge in [0, 0.05) is 41.6 Å². The van der Waals surface area contributed by atoms with E-state index in [1.165, 1.54) is 5.56 Å². The van der Waals surface area contributed by atoms with Crippen LogP contribution in [0.3, 0.4) is 0 Å². The average molecular weight is 479 g/mol. The molecule has 0 spiro atoms. The summed E-state index contributed by atoms with van der Waals surface area (Å²) in [5.41, 5.74) is 7.53. The number of rotatable bonds is 9. The van der Waals surface area contributed by atoms with Crippen molar-refractivity contribution in [1.82, 2.24) is 24.7 Å². The zero-order valence-electron chi connectivity index (χ0n) is 21.6. The van der Waals surface area contributed by atoms with Gasteiger partial charge in [0.1, 0.15) is 5.69 Å². The number of hydrogen-bond donors (Lipinski definition) is 1. The van der Waals surface area contributed by atoms with Gasteiger partial charge in [0.2, 0.25) is 5.95 Å². The molecule has 1 aromatic carbocycles. The Morgan fingerprint density at radius 3 is 2.47 bits per heavy atom. The van der Waals surface area contributed by atoms with Crippen molar-refractivity contribution in [2.75, 3.05) is 5.32 Å². The molecule has 36 heavy (non-hydrogen) atoms. The molecule has 1 N–H and O–H groups in total. The standard InChI is InChI=1S/C28H28N6.C2H6/c1-5-22-10-12-24(13-11-22)31-28-30-16-14-26(32-28)25-19-34(18-21(4)9-8-20(2)3)33-27(25)23-7-6-15-29-17-23;1-2/h6-17,19H,2,4-5,18H2,1,3H3,(H,30,31,32);1-2H3/b9-8-;. The fraction of sp³-hybridized carbons (Fsp3) is 0.200. The highest BCUT2D eigenvalue weighted by Crippen LogP contribution is 2.30. The Bertz CT molecular complexity index is 1320. The molecule has 0 unspecified atom stereocenters. The van der Waals surface area contributed by atoms with Gasteiger partial charge in [-0.2, -0.15) is 5.10 Å². The first kappa shape index (κ1) is 26.3. The number of allylic oxidation sites excluding steroid dienone is 4.